The van der Waals surface area contributed by atoms with Crippen LogP contribution in [0, 0.1) is 5.92 Å². The normalized spacial score (nSPS) is 40.0. The van der Waals surface area contributed by atoms with Crippen LogP contribution in [-0.2, 0) is 9.47 Å². The average Bonchev–Trinajstić information content (AvgIpc) is 2.44. The molecule has 0 saturated carbocycles. The quantitative estimate of drug-likeness (QED) is 0.558. The van der Waals surface area contributed by atoms with Gasteiger partial charge in [-0.15, -0.1) is 0 Å². The molecule has 0 aromatic carbocycles. The van der Waals surface area contributed by atoms with Crippen LogP contribution < -0.4 is 0 Å². The summed E-state index contributed by atoms with van der Waals surface area (Å²) in [6.07, 6.45) is -0.00342. The third-order valence-corrected chi connectivity index (χ3v) is 3.10. The zero-order chi connectivity index (χ0) is 10.8. The lowest BCUT2D eigenvalue weighted by Crippen LogP contribution is -2.42. The van der Waals surface area contributed by atoms with Crippen LogP contribution in [0.15, 0.2) is 0 Å². The second-order valence-corrected chi connectivity index (χ2v) is 4.17. The van der Waals surface area contributed by atoms with Crippen molar-refractivity contribution in [3.8, 4) is 0 Å². The van der Waals surface area contributed by atoms with Gasteiger partial charge in [0.05, 0.1) is 30.9 Å². The highest BCUT2D eigenvalue weighted by Crippen LogP contribution is 2.35. The Bertz CT molecular complexity index is 178. The van der Waals surface area contributed by atoms with E-state index in [2.05, 4.69) is 0 Å². The lowest BCUT2D eigenvalue weighted by Gasteiger charge is -2.32. The van der Waals surface area contributed by atoms with Gasteiger partial charge in [0, 0.05) is 19.4 Å². The Kier molecular flexibility index (Phi) is 3.95. The van der Waals surface area contributed by atoms with Crippen LogP contribution in [0.5, 0.6) is 0 Å². The largest absolute Gasteiger partial charge is 0.393 e. The lowest BCUT2D eigenvalue weighted by molar-refractivity contribution is -0.101. The summed E-state index contributed by atoms with van der Waals surface area (Å²) >= 11 is 0. The van der Waals surface area contributed by atoms with E-state index in [1.807, 2.05) is 14.8 Å². The molecule has 1 aliphatic rings. The number of aliphatic hydroxyl groups is 2. The molecule has 0 radical (unpaired) electrons. The number of hydrogen-bond acceptors (Lipinski definition) is 4. The van der Waals surface area contributed by atoms with Gasteiger partial charge in [-0.05, 0) is 0 Å². The van der Waals surface area contributed by atoms with Crippen molar-refractivity contribution in [2.75, 3.05) is 20.3 Å². The van der Waals surface area contributed by atoms with Gasteiger partial charge in [0.25, 0.3) is 0 Å². The minimum Gasteiger partial charge on any atom is -0.393 e. The topological polar surface area (TPSA) is 58.9 Å². The molecule has 1 fully saturated rings. The predicted molar refractivity (Wildman–Crippen MR) is 54.9 cm³/mol. The smallest absolute Gasteiger partial charge is 0.142 e. The number of ether oxygens (including phenoxy) is 2. The Labute approximate surface area is 85.6 Å². The van der Waals surface area contributed by atoms with Gasteiger partial charge in [0.1, 0.15) is 7.85 Å². The lowest BCUT2D eigenvalue weighted by atomic mass is 9.85. The van der Waals surface area contributed by atoms with Crippen molar-refractivity contribution in [2.45, 2.75) is 31.1 Å². The zero-order valence-corrected chi connectivity index (χ0v) is 9.06. The summed E-state index contributed by atoms with van der Waals surface area (Å²) in [6, 6.07) is -0.207. The molecule has 1 aliphatic heterocycles. The van der Waals surface area contributed by atoms with E-state index in [-0.39, 0.29) is 18.5 Å². The molecule has 0 spiro atoms. The first-order valence-corrected chi connectivity index (χ1v) is 5.01. The van der Waals surface area contributed by atoms with Gasteiger partial charge in [-0.2, -0.15) is 0 Å². The molecule has 0 aromatic heterocycles. The molecule has 14 heavy (non-hydrogen) atoms. The standard InChI is InChI=1S/C9H19BO4/c1-6(4-13-2)9(5-11)3-7(12)8(10)14-9/h6-8,11-12H,3-5,10H2,1-2H3/t6?,7-,8-,9+/m1/s1. The van der Waals surface area contributed by atoms with Crippen LogP contribution in [0.25, 0.3) is 0 Å². The Morgan fingerprint density at radius 3 is 2.71 bits per heavy atom. The van der Waals surface area contributed by atoms with Crippen LogP contribution in [0.3, 0.4) is 0 Å². The van der Waals surface area contributed by atoms with E-state index in [4.69, 9.17) is 9.47 Å². The van der Waals surface area contributed by atoms with Crippen molar-refractivity contribution in [2.24, 2.45) is 5.92 Å². The maximum atomic E-state index is 9.60. The number of aliphatic hydroxyl groups excluding tert-OH is 2. The molecular weight excluding hydrogens is 183 g/mol. The fraction of sp³-hybridized carbons (Fsp3) is 1.00. The highest BCUT2D eigenvalue weighted by molar-refractivity contribution is 6.11. The van der Waals surface area contributed by atoms with Gasteiger partial charge in [-0.25, -0.2) is 0 Å². The van der Waals surface area contributed by atoms with E-state index >= 15 is 0 Å². The Hall–Kier alpha value is -0.0951. The van der Waals surface area contributed by atoms with Crippen LogP contribution in [-0.4, -0.2) is 56.1 Å². The van der Waals surface area contributed by atoms with E-state index < -0.39 is 11.7 Å². The van der Waals surface area contributed by atoms with Crippen LogP contribution >= 0.6 is 0 Å². The van der Waals surface area contributed by atoms with Gasteiger partial charge in [0.2, 0.25) is 0 Å². The zero-order valence-electron chi connectivity index (χ0n) is 9.06. The van der Waals surface area contributed by atoms with Gasteiger partial charge in [0.15, 0.2) is 0 Å². The molecule has 0 amide bonds. The fourth-order valence-corrected chi connectivity index (χ4v) is 1.99. The van der Waals surface area contributed by atoms with Crippen LogP contribution in [0.4, 0.5) is 0 Å². The summed E-state index contributed by atoms with van der Waals surface area (Å²) in [6.45, 7) is 2.42. The van der Waals surface area contributed by atoms with Crippen molar-refractivity contribution in [3.05, 3.63) is 0 Å². The maximum absolute atomic E-state index is 9.60. The van der Waals surface area contributed by atoms with E-state index in [9.17, 15) is 10.2 Å². The molecule has 1 rings (SSSR count). The summed E-state index contributed by atoms with van der Waals surface area (Å²) in [5.74, 6) is 0.0806. The van der Waals surface area contributed by atoms with Gasteiger partial charge in [-0.1, -0.05) is 6.92 Å². The van der Waals surface area contributed by atoms with Crippen LogP contribution in [0.1, 0.15) is 13.3 Å². The molecule has 0 bridgehead atoms. The minimum absolute atomic E-state index is 0.0705. The van der Waals surface area contributed by atoms with Crippen LogP contribution in [0.2, 0.25) is 0 Å². The highest BCUT2D eigenvalue weighted by Gasteiger charge is 2.47. The molecule has 1 heterocycles. The molecule has 0 aliphatic carbocycles. The first-order chi connectivity index (χ1) is 6.55. The van der Waals surface area contributed by atoms with Crippen molar-refractivity contribution in [1.82, 2.24) is 0 Å². The summed E-state index contributed by atoms with van der Waals surface area (Å²) < 4.78 is 10.7. The molecule has 0 aromatic rings. The second kappa shape index (κ2) is 4.62. The van der Waals surface area contributed by atoms with E-state index in [0.717, 1.165) is 0 Å². The average molecular weight is 202 g/mol. The fourth-order valence-electron chi connectivity index (χ4n) is 1.99. The van der Waals surface area contributed by atoms with E-state index in [1.54, 1.807) is 7.11 Å². The van der Waals surface area contributed by atoms with E-state index in [1.165, 1.54) is 0 Å². The Morgan fingerprint density at radius 2 is 2.36 bits per heavy atom. The molecule has 1 saturated heterocycles. The molecule has 2 N–H and O–H groups in total. The molecular formula is C9H19BO4. The molecule has 4 atom stereocenters. The first-order valence-electron chi connectivity index (χ1n) is 5.01. The third-order valence-electron chi connectivity index (χ3n) is 3.10. The second-order valence-electron chi connectivity index (χ2n) is 4.17. The SMILES string of the molecule is B[C@@H]1O[C@@](CO)(C(C)COC)C[C@H]1O. The molecule has 4 nitrogen and oxygen atoms in total. The minimum atomic E-state index is -0.630. The molecule has 5 heteroatoms. The summed E-state index contributed by atoms with van der Waals surface area (Å²) in [5.41, 5.74) is -0.630. The number of hydrogen-bond donors (Lipinski definition) is 2. The number of methoxy groups -OCH3 is 1. The highest BCUT2D eigenvalue weighted by atomic mass is 16.5. The predicted octanol–water partition coefficient (Wildman–Crippen LogP) is -1.26. The van der Waals surface area contributed by atoms with E-state index in [0.29, 0.717) is 13.0 Å². The first kappa shape index (κ1) is 12.0. The van der Waals surface area contributed by atoms with Crippen molar-refractivity contribution >= 4 is 7.85 Å². The Balaban J connectivity index is 2.68. The monoisotopic (exact) mass is 202 g/mol. The number of rotatable bonds is 4. The molecule has 1 unspecified atom stereocenters. The van der Waals surface area contributed by atoms with Crippen molar-refractivity contribution in [3.63, 3.8) is 0 Å². The Morgan fingerprint density at radius 1 is 1.71 bits per heavy atom. The summed E-state index contributed by atoms with van der Waals surface area (Å²) in [5, 5.41) is 19.0. The maximum Gasteiger partial charge on any atom is 0.142 e. The van der Waals surface area contributed by atoms with Crippen molar-refractivity contribution in [1.29, 1.82) is 0 Å². The van der Waals surface area contributed by atoms with Gasteiger partial charge in [-0.3, -0.25) is 0 Å². The van der Waals surface area contributed by atoms with Gasteiger partial charge >= 0.3 is 0 Å². The van der Waals surface area contributed by atoms with Crippen molar-refractivity contribution < 1.29 is 19.7 Å². The molecule has 82 valence electrons. The van der Waals surface area contributed by atoms with Gasteiger partial charge < -0.3 is 19.7 Å². The summed E-state index contributed by atoms with van der Waals surface area (Å²) in [7, 11) is 3.44. The third kappa shape index (κ3) is 2.11. The summed E-state index contributed by atoms with van der Waals surface area (Å²) in [4.78, 5) is 0.